The summed E-state index contributed by atoms with van der Waals surface area (Å²) in [5.41, 5.74) is 0. The molecular formula is C12H22N2. The molecule has 0 N–H and O–H groups in total. The van der Waals surface area contributed by atoms with Crippen LogP contribution in [0.2, 0.25) is 0 Å². The lowest BCUT2D eigenvalue weighted by molar-refractivity contribution is 0.358. The number of amidine groups is 1. The lowest BCUT2D eigenvalue weighted by atomic mass is 9.99. The van der Waals surface area contributed by atoms with Crippen LogP contribution in [0.3, 0.4) is 0 Å². The van der Waals surface area contributed by atoms with Crippen molar-refractivity contribution < 1.29 is 0 Å². The SMILES string of the molecule is CCCCC1CCN2CC(C)CN=C12. The molecule has 0 radical (unpaired) electrons. The van der Waals surface area contributed by atoms with Crippen molar-refractivity contribution in [1.82, 2.24) is 4.90 Å². The van der Waals surface area contributed by atoms with E-state index in [2.05, 4.69) is 18.7 Å². The maximum atomic E-state index is 4.75. The van der Waals surface area contributed by atoms with Gasteiger partial charge in [0.25, 0.3) is 0 Å². The Morgan fingerprint density at radius 3 is 3.14 bits per heavy atom. The van der Waals surface area contributed by atoms with Crippen LogP contribution in [-0.2, 0) is 0 Å². The molecule has 1 fully saturated rings. The van der Waals surface area contributed by atoms with E-state index >= 15 is 0 Å². The molecule has 2 heterocycles. The zero-order valence-corrected chi connectivity index (χ0v) is 9.50. The van der Waals surface area contributed by atoms with Gasteiger partial charge < -0.3 is 4.90 Å². The van der Waals surface area contributed by atoms with Crippen LogP contribution in [0, 0.1) is 11.8 Å². The van der Waals surface area contributed by atoms with Crippen molar-refractivity contribution in [2.45, 2.75) is 39.5 Å². The first-order valence-corrected chi connectivity index (χ1v) is 6.10. The van der Waals surface area contributed by atoms with Gasteiger partial charge in [-0.25, -0.2) is 0 Å². The van der Waals surface area contributed by atoms with Crippen molar-refractivity contribution in [2.75, 3.05) is 19.6 Å². The molecule has 2 aliphatic rings. The van der Waals surface area contributed by atoms with Crippen LogP contribution in [0.5, 0.6) is 0 Å². The van der Waals surface area contributed by atoms with Crippen molar-refractivity contribution in [1.29, 1.82) is 0 Å². The Bertz CT molecular complexity index is 222. The number of fused-ring (bicyclic) bond motifs is 1. The summed E-state index contributed by atoms with van der Waals surface area (Å²) in [4.78, 5) is 7.27. The molecule has 0 aromatic rings. The van der Waals surface area contributed by atoms with Crippen molar-refractivity contribution in [2.24, 2.45) is 16.8 Å². The number of rotatable bonds is 3. The second-order valence-corrected chi connectivity index (χ2v) is 4.88. The number of aliphatic imine (C=N–C) groups is 1. The van der Waals surface area contributed by atoms with Gasteiger partial charge in [0.15, 0.2) is 0 Å². The second-order valence-electron chi connectivity index (χ2n) is 4.88. The van der Waals surface area contributed by atoms with Gasteiger partial charge in [-0.05, 0) is 18.8 Å². The van der Waals surface area contributed by atoms with E-state index in [0.29, 0.717) is 0 Å². The lowest BCUT2D eigenvalue weighted by Crippen LogP contribution is -2.37. The minimum atomic E-state index is 0.767. The zero-order valence-electron chi connectivity index (χ0n) is 9.50. The van der Waals surface area contributed by atoms with Crippen LogP contribution >= 0.6 is 0 Å². The molecule has 14 heavy (non-hydrogen) atoms. The first kappa shape index (κ1) is 10.0. The molecule has 1 saturated heterocycles. The first-order chi connectivity index (χ1) is 6.81. The van der Waals surface area contributed by atoms with E-state index in [1.807, 2.05) is 0 Å². The Balaban J connectivity index is 1.96. The molecule has 0 bridgehead atoms. The Morgan fingerprint density at radius 2 is 2.36 bits per heavy atom. The van der Waals surface area contributed by atoms with Gasteiger partial charge in [0.05, 0.1) is 0 Å². The average Bonchev–Trinajstić information content (AvgIpc) is 2.57. The normalized spacial score (nSPS) is 31.6. The van der Waals surface area contributed by atoms with Crippen molar-refractivity contribution in [3.05, 3.63) is 0 Å². The van der Waals surface area contributed by atoms with Crippen LogP contribution in [0.25, 0.3) is 0 Å². The minimum Gasteiger partial charge on any atom is -0.360 e. The summed E-state index contributed by atoms with van der Waals surface area (Å²) in [6, 6.07) is 0. The van der Waals surface area contributed by atoms with E-state index in [-0.39, 0.29) is 0 Å². The van der Waals surface area contributed by atoms with Gasteiger partial charge in [-0.2, -0.15) is 0 Å². The van der Waals surface area contributed by atoms with Crippen LogP contribution in [0.4, 0.5) is 0 Å². The van der Waals surface area contributed by atoms with E-state index in [4.69, 9.17) is 4.99 Å². The Labute approximate surface area is 87.4 Å². The molecule has 0 saturated carbocycles. The molecule has 0 aromatic carbocycles. The molecule has 2 heteroatoms. The molecule has 0 aliphatic carbocycles. The van der Waals surface area contributed by atoms with Crippen molar-refractivity contribution in [3.63, 3.8) is 0 Å². The van der Waals surface area contributed by atoms with Crippen LogP contribution in [0.1, 0.15) is 39.5 Å². The largest absolute Gasteiger partial charge is 0.360 e. The summed E-state index contributed by atoms with van der Waals surface area (Å²) in [5, 5.41) is 0. The van der Waals surface area contributed by atoms with Gasteiger partial charge in [0.1, 0.15) is 5.84 Å². The summed E-state index contributed by atoms with van der Waals surface area (Å²) in [7, 11) is 0. The molecule has 2 nitrogen and oxygen atoms in total. The predicted octanol–water partition coefficient (Wildman–Crippen LogP) is 2.55. The van der Waals surface area contributed by atoms with E-state index in [1.165, 1.54) is 44.6 Å². The average molecular weight is 194 g/mol. The standard InChI is InChI=1S/C12H22N2/c1-3-4-5-11-6-7-14-9-10(2)8-13-12(11)14/h10-11H,3-9H2,1-2H3. The monoisotopic (exact) mass is 194 g/mol. The van der Waals surface area contributed by atoms with Crippen LogP contribution < -0.4 is 0 Å². The van der Waals surface area contributed by atoms with Crippen LogP contribution in [-0.4, -0.2) is 30.4 Å². The zero-order chi connectivity index (χ0) is 9.97. The Hall–Kier alpha value is -0.530. The fourth-order valence-corrected chi connectivity index (χ4v) is 2.63. The highest BCUT2D eigenvalue weighted by molar-refractivity contribution is 5.87. The van der Waals surface area contributed by atoms with Gasteiger partial charge in [0.2, 0.25) is 0 Å². The smallest absolute Gasteiger partial charge is 0.102 e. The molecule has 0 aromatic heterocycles. The molecule has 0 amide bonds. The van der Waals surface area contributed by atoms with E-state index in [9.17, 15) is 0 Å². The molecule has 80 valence electrons. The van der Waals surface area contributed by atoms with Crippen LogP contribution in [0.15, 0.2) is 4.99 Å². The molecular weight excluding hydrogens is 172 g/mol. The Kier molecular flexibility index (Phi) is 3.09. The van der Waals surface area contributed by atoms with Gasteiger partial charge in [-0.3, -0.25) is 4.99 Å². The number of unbranched alkanes of at least 4 members (excludes halogenated alkanes) is 1. The molecule has 2 rings (SSSR count). The summed E-state index contributed by atoms with van der Waals surface area (Å²) in [6.45, 7) is 8.16. The third kappa shape index (κ3) is 1.94. The third-order valence-electron chi connectivity index (χ3n) is 3.44. The minimum absolute atomic E-state index is 0.767. The fraction of sp³-hybridized carbons (Fsp3) is 0.917. The summed E-state index contributed by atoms with van der Waals surface area (Å²) in [5.74, 6) is 3.00. The van der Waals surface area contributed by atoms with Gasteiger partial charge >= 0.3 is 0 Å². The van der Waals surface area contributed by atoms with Gasteiger partial charge in [0, 0.05) is 25.6 Å². The highest BCUT2D eigenvalue weighted by Gasteiger charge is 2.31. The molecule has 2 unspecified atom stereocenters. The van der Waals surface area contributed by atoms with E-state index in [0.717, 1.165) is 18.4 Å². The predicted molar refractivity (Wildman–Crippen MR) is 60.7 cm³/mol. The molecule has 2 aliphatic heterocycles. The third-order valence-corrected chi connectivity index (χ3v) is 3.44. The summed E-state index contributed by atoms with van der Waals surface area (Å²) >= 11 is 0. The van der Waals surface area contributed by atoms with E-state index < -0.39 is 0 Å². The van der Waals surface area contributed by atoms with Crippen molar-refractivity contribution in [3.8, 4) is 0 Å². The number of hydrogen-bond donors (Lipinski definition) is 0. The topological polar surface area (TPSA) is 15.6 Å². The highest BCUT2D eigenvalue weighted by Crippen LogP contribution is 2.27. The molecule has 2 atom stereocenters. The first-order valence-electron chi connectivity index (χ1n) is 6.10. The second kappa shape index (κ2) is 4.33. The lowest BCUT2D eigenvalue weighted by Gasteiger charge is -2.28. The van der Waals surface area contributed by atoms with E-state index in [1.54, 1.807) is 0 Å². The summed E-state index contributed by atoms with van der Waals surface area (Å²) in [6.07, 6.45) is 5.40. The fourth-order valence-electron chi connectivity index (χ4n) is 2.63. The maximum Gasteiger partial charge on any atom is 0.102 e. The summed E-state index contributed by atoms with van der Waals surface area (Å²) < 4.78 is 0. The quantitative estimate of drug-likeness (QED) is 0.674. The van der Waals surface area contributed by atoms with Gasteiger partial charge in [-0.15, -0.1) is 0 Å². The van der Waals surface area contributed by atoms with Gasteiger partial charge in [-0.1, -0.05) is 26.7 Å². The van der Waals surface area contributed by atoms with Crippen molar-refractivity contribution >= 4 is 5.84 Å². The molecule has 0 spiro atoms. The highest BCUT2D eigenvalue weighted by atomic mass is 15.2. The number of nitrogens with zero attached hydrogens (tertiary/aromatic N) is 2. The number of hydrogen-bond acceptors (Lipinski definition) is 2. The maximum absolute atomic E-state index is 4.75. The Morgan fingerprint density at radius 1 is 1.50 bits per heavy atom.